The molecule has 0 amide bonds. The molecule has 3 fully saturated rings. The number of carboxylic acids is 1. The van der Waals surface area contributed by atoms with E-state index in [4.69, 9.17) is 17.3 Å². The van der Waals surface area contributed by atoms with Gasteiger partial charge in [0.25, 0.3) is 0 Å². The van der Waals surface area contributed by atoms with Gasteiger partial charge in [0.2, 0.25) is 0 Å². The van der Waals surface area contributed by atoms with Gasteiger partial charge in [-0.15, -0.1) is 0 Å². The fraction of sp³-hybridized carbons (Fsp3) is 0.750. The van der Waals surface area contributed by atoms with E-state index >= 15 is 0 Å². The first-order valence-electron chi connectivity index (χ1n) is 11.5. The lowest BCUT2D eigenvalue weighted by atomic mass is 9.46. The molecule has 0 aliphatic heterocycles. The maximum atomic E-state index is 13.3. The molecule has 6 atom stereocenters. The third-order valence-corrected chi connectivity index (χ3v) is 11.9. The molecule has 0 radical (unpaired) electrons. The van der Waals surface area contributed by atoms with Crippen LogP contribution < -0.4 is 0 Å². The van der Waals surface area contributed by atoms with Gasteiger partial charge in [-0.05, 0) is 74.2 Å². The number of hydrogen-bond acceptors (Lipinski definition) is 7. The molecular weight excluding hydrogens is 464 g/mol. The highest BCUT2D eigenvalue weighted by Gasteiger charge is 2.66. The average molecular weight is 497 g/mol. The highest BCUT2D eigenvalue weighted by Crippen LogP contribution is 2.67. The third kappa shape index (κ3) is 3.93. The van der Waals surface area contributed by atoms with Crippen molar-refractivity contribution < 1.29 is 24.6 Å². The van der Waals surface area contributed by atoms with E-state index in [-0.39, 0.29) is 28.5 Å². The van der Waals surface area contributed by atoms with Gasteiger partial charge in [-0.25, -0.2) is 0 Å². The van der Waals surface area contributed by atoms with Crippen LogP contribution in [0.15, 0.2) is 11.6 Å². The number of allylic oxidation sites excluding steroid dienone is 1. The Morgan fingerprint density at radius 3 is 2.47 bits per heavy atom. The molecule has 4 rings (SSSR count). The normalized spacial score (nSPS) is 40.7. The van der Waals surface area contributed by atoms with E-state index in [0.717, 1.165) is 50.3 Å². The van der Waals surface area contributed by atoms with Crippen LogP contribution in [0.25, 0.3) is 0 Å². The summed E-state index contributed by atoms with van der Waals surface area (Å²) in [6.45, 7) is 4.45. The van der Waals surface area contributed by atoms with Gasteiger partial charge in [0.05, 0.1) is 11.5 Å². The molecule has 0 bridgehead atoms. The first-order chi connectivity index (χ1) is 15.0. The van der Waals surface area contributed by atoms with Gasteiger partial charge in [0, 0.05) is 11.8 Å². The molecule has 5 nitrogen and oxygen atoms in total. The highest BCUT2D eigenvalue weighted by molar-refractivity contribution is 8.47. The summed E-state index contributed by atoms with van der Waals surface area (Å²) < 4.78 is 0.430. The monoisotopic (exact) mass is 496 g/mol. The van der Waals surface area contributed by atoms with Gasteiger partial charge in [-0.1, -0.05) is 55.2 Å². The fourth-order valence-electron chi connectivity index (χ4n) is 7.44. The minimum atomic E-state index is -1.34. The molecule has 32 heavy (non-hydrogen) atoms. The Morgan fingerprint density at radius 1 is 1.06 bits per heavy atom. The van der Waals surface area contributed by atoms with E-state index in [9.17, 15) is 19.5 Å². The minimum absolute atomic E-state index is 0.0757. The maximum absolute atomic E-state index is 13.3. The molecule has 8 heteroatoms. The zero-order valence-electron chi connectivity index (χ0n) is 18.7. The van der Waals surface area contributed by atoms with Gasteiger partial charge in [0.1, 0.15) is 9.13 Å². The summed E-state index contributed by atoms with van der Waals surface area (Å²) in [5.41, 5.74) is -0.384. The molecule has 0 aromatic carbocycles. The lowest BCUT2D eigenvalue weighted by molar-refractivity contribution is -0.159. The lowest BCUT2D eigenvalue weighted by Crippen LogP contribution is -2.58. The Morgan fingerprint density at radius 2 is 1.75 bits per heavy atom. The second-order valence-corrected chi connectivity index (χ2v) is 13.6. The molecule has 0 aromatic heterocycles. The van der Waals surface area contributed by atoms with Gasteiger partial charge >= 0.3 is 5.97 Å². The van der Waals surface area contributed by atoms with Crippen LogP contribution in [0.3, 0.4) is 0 Å². The largest absolute Gasteiger partial charge is 0.481 e. The van der Waals surface area contributed by atoms with Gasteiger partial charge < -0.3 is 10.2 Å². The molecule has 0 saturated heterocycles. The SMILES string of the molecule is C[C@]12CCC(=O)C=C1CCC1C2CC[C@@]2(C)C1CC[C@]2(O)C(=O)CSC(=S)SCC(=O)O. The van der Waals surface area contributed by atoms with Crippen molar-refractivity contribution in [2.75, 3.05) is 11.5 Å². The standard InChI is InChI=1S/C24H32O5S3/c1-22-8-5-15(25)11-14(22)3-4-16-17(22)6-9-23(2)18(16)7-10-24(23,29)19(26)12-31-21(30)32-13-20(27)28/h11,16-18,29H,3-10,12-13H2,1-2H3,(H,27,28)/t16?,17?,18?,22-,23-,24-/m0/s1. The van der Waals surface area contributed by atoms with E-state index in [0.29, 0.717) is 34.1 Å². The van der Waals surface area contributed by atoms with E-state index in [1.165, 1.54) is 17.3 Å². The number of aliphatic hydroxyl groups is 1. The zero-order chi connectivity index (χ0) is 23.3. The molecule has 3 unspecified atom stereocenters. The summed E-state index contributed by atoms with van der Waals surface area (Å²) in [6, 6.07) is 0. The van der Waals surface area contributed by atoms with Crippen LogP contribution >= 0.6 is 35.7 Å². The van der Waals surface area contributed by atoms with Crippen molar-refractivity contribution in [3.05, 3.63) is 11.6 Å². The molecule has 4 aliphatic rings. The number of thioether (sulfide) groups is 2. The van der Waals surface area contributed by atoms with Crippen LogP contribution in [-0.2, 0) is 14.4 Å². The second kappa shape index (κ2) is 8.82. The average Bonchev–Trinajstić information content (AvgIpc) is 3.03. The molecule has 176 valence electrons. The van der Waals surface area contributed by atoms with Crippen LogP contribution in [-0.4, -0.2) is 48.4 Å². The summed E-state index contributed by atoms with van der Waals surface area (Å²) in [5.74, 6) is 0.423. The molecule has 3 saturated carbocycles. The Bertz CT molecular complexity index is 885. The number of hydrogen-bond donors (Lipinski definition) is 2. The number of fused-ring (bicyclic) bond motifs is 5. The Kier molecular flexibility index (Phi) is 6.73. The number of thiocarbonyl (C=S) groups is 1. The van der Waals surface area contributed by atoms with Crippen molar-refractivity contribution in [3.8, 4) is 0 Å². The highest BCUT2D eigenvalue weighted by atomic mass is 32.2. The van der Waals surface area contributed by atoms with Crippen LogP contribution in [0, 0.1) is 28.6 Å². The summed E-state index contributed by atoms with van der Waals surface area (Å²) in [7, 11) is 0. The quantitative estimate of drug-likeness (QED) is 0.531. The number of rotatable bonds is 5. The first-order valence-corrected chi connectivity index (χ1v) is 13.9. The van der Waals surface area contributed by atoms with Crippen LogP contribution in [0.2, 0.25) is 0 Å². The lowest BCUT2D eigenvalue weighted by Gasteiger charge is -2.58. The number of carboxylic acid groups (broad SMARTS) is 1. The summed E-state index contributed by atoms with van der Waals surface area (Å²) in [6.07, 6.45) is 8.60. The fourth-order valence-corrected chi connectivity index (χ4v) is 9.21. The smallest absolute Gasteiger partial charge is 0.313 e. The van der Waals surface area contributed by atoms with E-state index < -0.39 is 17.0 Å². The first kappa shape index (κ1) is 24.4. The Hall–Kier alpha value is -0.700. The van der Waals surface area contributed by atoms with Crippen molar-refractivity contribution in [1.29, 1.82) is 0 Å². The number of carbonyl (C=O) groups excluding carboxylic acids is 2. The predicted molar refractivity (Wildman–Crippen MR) is 132 cm³/mol. The maximum Gasteiger partial charge on any atom is 0.313 e. The number of Topliss-reactive ketones (excluding diaryl/α,β-unsaturated/α-hetero) is 1. The molecule has 0 heterocycles. The molecular formula is C24H32O5S3. The van der Waals surface area contributed by atoms with Crippen LogP contribution in [0.5, 0.6) is 0 Å². The second-order valence-electron chi connectivity index (χ2n) is 10.5. The zero-order valence-corrected chi connectivity index (χ0v) is 21.2. The number of ketones is 2. The number of aliphatic carboxylic acids is 1. The van der Waals surface area contributed by atoms with Crippen LogP contribution in [0.4, 0.5) is 0 Å². The molecule has 0 aromatic rings. The van der Waals surface area contributed by atoms with E-state index in [1.807, 2.05) is 6.08 Å². The van der Waals surface area contributed by atoms with Crippen LogP contribution in [0.1, 0.15) is 65.2 Å². The topological polar surface area (TPSA) is 91.7 Å². The Labute approximate surface area is 203 Å². The Balaban J connectivity index is 1.48. The van der Waals surface area contributed by atoms with Crippen molar-refractivity contribution in [2.45, 2.75) is 70.8 Å². The number of carbonyl (C=O) groups is 3. The summed E-state index contributed by atoms with van der Waals surface area (Å²) in [5, 5.41) is 20.5. The van der Waals surface area contributed by atoms with Crippen molar-refractivity contribution >= 4 is 56.8 Å². The van der Waals surface area contributed by atoms with E-state index in [1.54, 1.807) is 0 Å². The van der Waals surface area contributed by atoms with Gasteiger partial charge in [-0.3, -0.25) is 14.4 Å². The van der Waals surface area contributed by atoms with Crippen molar-refractivity contribution in [2.24, 2.45) is 28.6 Å². The minimum Gasteiger partial charge on any atom is -0.481 e. The molecule has 0 spiro atoms. The summed E-state index contributed by atoms with van der Waals surface area (Å²) >= 11 is 7.41. The predicted octanol–water partition coefficient (Wildman–Crippen LogP) is 4.65. The third-order valence-electron chi connectivity index (χ3n) is 9.21. The van der Waals surface area contributed by atoms with E-state index in [2.05, 4.69) is 13.8 Å². The molecule has 4 aliphatic carbocycles. The van der Waals surface area contributed by atoms with Crippen molar-refractivity contribution in [1.82, 2.24) is 0 Å². The van der Waals surface area contributed by atoms with Gasteiger partial charge in [0.15, 0.2) is 11.6 Å². The van der Waals surface area contributed by atoms with Crippen molar-refractivity contribution in [3.63, 3.8) is 0 Å². The summed E-state index contributed by atoms with van der Waals surface area (Å²) in [4.78, 5) is 36.0. The molecule has 2 N–H and O–H groups in total. The van der Waals surface area contributed by atoms with Gasteiger partial charge in [-0.2, -0.15) is 0 Å².